The average molecular weight is 357 g/mol. The first kappa shape index (κ1) is 17.4. The molecular formula is C23H23N3O. The summed E-state index contributed by atoms with van der Waals surface area (Å²) in [5.41, 5.74) is 5.40. The van der Waals surface area contributed by atoms with Crippen LogP contribution in [-0.2, 0) is 12.0 Å². The average Bonchev–Trinajstić information content (AvgIpc) is 2.65. The lowest BCUT2D eigenvalue weighted by atomic mass is 9.63. The van der Waals surface area contributed by atoms with E-state index in [0.717, 1.165) is 29.7 Å². The SMILES string of the molecule is C/C=C1\[C@H]2C=C(C)C[C@]1(N=C/C=C/c1ccncc1)c1ccc(=O)[nH]c1C2. The van der Waals surface area contributed by atoms with Crippen molar-refractivity contribution in [2.45, 2.75) is 32.2 Å². The zero-order valence-electron chi connectivity index (χ0n) is 15.6. The van der Waals surface area contributed by atoms with E-state index in [1.165, 1.54) is 11.1 Å². The summed E-state index contributed by atoms with van der Waals surface area (Å²) in [6.45, 7) is 4.26. The van der Waals surface area contributed by atoms with Gasteiger partial charge in [0.2, 0.25) is 5.56 Å². The predicted molar refractivity (Wildman–Crippen MR) is 110 cm³/mol. The number of aliphatic imine (C=N–C) groups is 1. The minimum absolute atomic E-state index is 0.0480. The molecule has 0 spiro atoms. The normalized spacial score (nSPS) is 25.8. The number of H-pyrrole nitrogens is 1. The predicted octanol–water partition coefficient (Wildman–Crippen LogP) is 4.22. The molecule has 4 heteroatoms. The molecule has 136 valence electrons. The van der Waals surface area contributed by atoms with Crippen molar-refractivity contribution in [1.82, 2.24) is 9.97 Å². The Labute approximate surface area is 159 Å². The lowest BCUT2D eigenvalue weighted by Gasteiger charge is -2.45. The van der Waals surface area contributed by atoms with Gasteiger partial charge in [-0.15, -0.1) is 0 Å². The third-order valence-electron chi connectivity index (χ3n) is 5.45. The summed E-state index contributed by atoms with van der Waals surface area (Å²) in [7, 11) is 0. The first-order valence-electron chi connectivity index (χ1n) is 9.31. The quantitative estimate of drug-likeness (QED) is 0.660. The van der Waals surface area contributed by atoms with Gasteiger partial charge in [0.05, 0.1) is 0 Å². The summed E-state index contributed by atoms with van der Waals surface area (Å²) in [6.07, 6.45) is 15.6. The number of rotatable bonds is 3. The number of nitrogens with zero attached hydrogens (tertiary/aromatic N) is 2. The van der Waals surface area contributed by atoms with E-state index in [9.17, 15) is 4.79 Å². The Hall–Kier alpha value is -3.01. The molecule has 2 aromatic rings. The van der Waals surface area contributed by atoms with Crippen LogP contribution >= 0.6 is 0 Å². The van der Waals surface area contributed by atoms with E-state index >= 15 is 0 Å². The number of hydrogen-bond donors (Lipinski definition) is 1. The molecule has 0 unspecified atom stereocenters. The van der Waals surface area contributed by atoms with Crippen molar-refractivity contribution in [3.63, 3.8) is 0 Å². The van der Waals surface area contributed by atoms with Crippen LogP contribution in [0.2, 0.25) is 0 Å². The van der Waals surface area contributed by atoms with Crippen LogP contribution in [0.5, 0.6) is 0 Å². The number of allylic oxidation sites excluding steroid dienone is 3. The molecule has 0 fully saturated rings. The van der Waals surface area contributed by atoms with Gasteiger partial charge >= 0.3 is 0 Å². The van der Waals surface area contributed by atoms with Crippen LogP contribution < -0.4 is 5.56 Å². The van der Waals surface area contributed by atoms with Gasteiger partial charge in [0.25, 0.3) is 0 Å². The Morgan fingerprint density at radius 1 is 1.26 bits per heavy atom. The van der Waals surface area contributed by atoms with Crippen molar-refractivity contribution < 1.29 is 0 Å². The van der Waals surface area contributed by atoms with E-state index in [1.807, 2.05) is 36.6 Å². The summed E-state index contributed by atoms with van der Waals surface area (Å²) >= 11 is 0. The summed E-state index contributed by atoms with van der Waals surface area (Å²) in [6, 6.07) is 7.49. The zero-order chi connectivity index (χ0) is 18.9. The largest absolute Gasteiger partial charge is 0.326 e. The van der Waals surface area contributed by atoms with Crippen molar-refractivity contribution in [1.29, 1.82) is 0 Å². The maximum Gasteiger partial charge on any atom is 0.248 e. The fraction of sp³-hybridized carbons (Fsp3) is 0.261. The fourth-order valence-electron chi connectivity index (χ4n) is 4.45. The van der Waals surface area contributed by atoms with Gasteiger partial charge in [-0.25, -0.2) is 0 Å². The Morgan fingerprint density at radius 2 is 2.07 bits per heavy atom. The molecule has 0 amide bonds. The molecular weight excluding hydrogens is 334 g/mol. The number of hydrogen-bond acceptors (Lipinski definition) is 3. The van der Waals surface area contributed by atoms with Crippen LogP contribution in [0.1, 0.15) is 37.1 Å². The van der Waals surface area contributed by atoms with E-state index in [-0.39, 0.29) is 11.5 Å². The molecule has 2 aliphatic carbocycles. The van der Waals surface area contributed by atoms with Crippen molar-refractivity contribution in [2.24, 2.45) is 10.9 Å². The molecule has 0 saturated heterocycles. The van der Waals surface area contributed by atoms with Crippen molar-refractivity contribution >= 4 is 12.3 Å². The fourth-order valence-corrected chi connectivity index (χ4v) is 4.45. The van der Waals surface area contributed by atoms with Gasteiger partial charge in [-0.2, -0.15) is 0 Å². The van der Waals surface area contributed by atoms with Crippen molar-refractivity contribution in [2.75, 3.05) is 0 Å². The second-order valence-electron chi connectivity index (χ2n) is 7.24. The number of aromatic amines is 1. The molecule has 0 aromatic carbocycles. The van der Waals surface area contributed by atoms with Gasteiger partial charge in [-0.3, -0.25) is 14.8 Å². The third kappa shape index (κ3) is 3.12. The number of fused-ring (bicyclic) bond motifs is 4. The van der Waals surface area contributed by atoms with E-state index in [0.29, 0.717) is 0 Å². The molecule has 0 saturated carbocycles. The highest BCUT2D eigenvalue weighted by atomic mass is 16.1. The third-order valence-corrected chi connectivity index (χ3v) is 5.45. The highest BCUT2D eigenvalue weighted by Gasteiger charge is 2.46. The maximum atomic E-state index is 11.9. The van der Waals surface area contributed by atoms with Gasteiger partial charge < -0.3 is 4.98 Å². The minimum Gasteiger partial charge on any atom is -0.326 e. The number of aromatic nitrogens is 2. The molecule has 4 nitrogen and oxygen atoms in total. The minimum atomic E-state index is -0.432. The van der Waals surface area contributed by atoms with Gasteiger partial charge in [-0.1, -0.05) is 23.8 Å². The molecule has 4 rings (SSSR count). The van der Waals surface area contributed by atoms with Gasteiger partial charge in [0.1, 0.15) is 5.54 Å². The number of pyridine rings is 2. The molecule has 27 heavy (non-hydrogen) atoms. The lowest BCUT2D eigenvalue weighted by Crippen LogP contribution is -2.40. The van der Waals surface area contributed by atoms with Crippen molar-refractivity contribution in [3.8, 4) is 0 Å². The lowest BCUT2D eigenvalue weighted by molar-refractivity contribution is 0.413. The van der Waals surface area contributed by atoms with E-state index in [1.54, 1.807) is 18.5 Å². The molecule has 2 heterocycles. The topological polar surface area (TPSA) is 58.1 Å². The van der Waals surface area contributed by atoms with Crippen LogP contribution in [0.25, 0.3) is 6.08 Å². The summed E-state index contributed by atoms with van der Waals surface area (Å²) < 4.78 is 0. The summed E-state index contributed by atoms with van der Waals surface area (Å²) in [4.78, 5) is 24.0. The molecule has 2 bridgehead atoms. The Kier molecular flexibility index (Phi) is 4.48. The van der Waals surface area contributed by atoms with Crippen LogP contribution in [0, 0.1) is 5.92 Å². The van der Waals surface area contributed by atoms with E-state index in [2.05, 4.69) is 36.0 Å². The first-order valence-corrected chi connectivity index (χ1v) is 9.31. The molecule has 2 aromatic heterocycles. The summed E-state index contributed by atoms with van der Waals surface area (Å²) in [5, 5.41) is 0. The number of nitrogens with one attached hydrogen (secondary N) is 1. The molecule has 1 N–H and O–H groups in total. The monoisotopic (exact) mass is 357 g/mol. The van der Waals surface area contributed by atoms with E-state index < -0.39 is 5.54 Å². The summed E-state index contributed by atoms with van der Waals surface area (Å²) in [5.74, 6) is 0.288. The maximum absolute atomic E-state index is 11.9. The standard InChI is InChI=1S/C23H23N3O/c1-3-19-18-13-16(2)15-23(19,20-6-7-22(27)26-21(20)14-18)25-10-4-5-17-8-11-24-12-9-17/h3-13,18H,14-15H2,1-2H3,(H,26,27)/b5-4+,19-3+,25-10?/t18-,23+/m0/s1. The Bertz CT molecular complexity index is 1030. The second-order valence-corrected chi connectivity index (χ2v) is 7.24. The molecule has 0 radical (unpaired) electrons. The first-order chi connectivity index (χ1) is 13.1. The van der Waals surface area contributed by atoms with Gasteiger partial charge in [0.15, 0.2) is 0 Å². The van der Waals surface area contributed by atoms with Gasteiger partial charge in [0, 0.05) is 48.3 Å². The Balaban J connectivity index is 1.79. The second kappa shape index (κ2) is 6.95. The van der Waals surface area contributed by atoms with E-state index in [4.69, 9.17) is 4.99 Å². The molecule has 0 aliphatic heterocycles. The van der Waals surface area contributed by atoms with Crippen LogP contribution in [-0.4, -0.2) is 16.2 Å². The molecule has 2 aliphatic rings. The van der Waals surface area contributed by atoms with Gasteiger partial charge in [-0.05, 0) is 55.7 Å². The van der Waals surface area contributed by atoms with Crippen LogP contribution in [0.15, 0.2) is 75.8 Å². The van der Waals surface area contributed by atoms with Crippen molar-refractivity contribution in [3.05, 3.63) is 93.2 Å². The highest BCUT2D eigenvalue weighted by Crippen LogP contribution is 2.51. The highest BCUT2D eigenvalue weighted by molar-refractivity contribution is 5.79. The van der Waals surface area contributed by atoms with Crippen LogP contribution in [0.4, 0.5) is 0 Å². The smallest absolute Gasteiger partial charge is 0.248 e. The Morgan fingerprint density at radius 3 is 2.85 bits per heavy atom. The molecule has 2 atom stereocenters. The zero-order valence-corrected chi connectivity index (χ0v) is 15.6. The van der Waals surface area contributed by atoms with Crippen LogP contribution in [0.3, 0.4) is 0 Å².